The number of hydrogen-bond donors (Lipinski definition) is 0. The van der Waals surface area contributed by atoms with Crippen LogP contribution in [-0.4, -0.2) is 33.3 Å². The minimum atomic E-state index is -0.236. The maximum absolute atomic E-state index is 12.5. The number of aromatic nitrogens is 2. The highest BCUT2D eigenvalue weighted by Gasteiger charge is 2.26. The molecule has 6 heteroatoms. The second-order valence-corrected chi connectivity index (χ2v) is 5.52. The monoisotopic (exact) mass is 277 g/mol. The van der Waals surface area contributed by atoms with Gasteiger partial charge in [-0.15, -0.1) is 11.3 Å². The molecule has 0 unspecified atom stereocenters. The molecule has 3 heterocycles. The minimum Gasteiger partial charge on any atom is -0.338 e. The first kappa shape index (κ1) is 12.3. The van der Waals surface area contributed by atoms with E-state index in [1.807, 2.05) is 12.3 Å². The molecule has 0 N–H and O–H groups in total. The zero-order valence-corrected chi connectivity index (χ0v) is 11.6. The summed E-state index contributed by atoms with van der Waals surface area (Å²) in [6.45, 7) is 3.41. The number of fused-ring (bicyclic) bond motifs is 1. The first-order valence-electron chi connectivity index (χ1n) is 6.50. The summed E-state index contributed by atoms with van der Waals surface area (Å²) in [5, 5.41) is 1.81. The Morgan fingerprint density at radius 3 is 2.84 bits per heavy atom. The number of nitrogens with zero attached hydrogens (tertiary/aromatic N) is 3. The van der Waals surface area contributed by atoms with E-state index in [9.17, 15) is 9.59 Å². The van der Waals surface area contributed by atoms with E-state index in [-0.39, 0.29) is 17.0 Å². The zero-order chi connectivity index (χ0) is 13.4. The van der Waals surface area contributed by atoms with Crippen LogP contribution >= 0.6 is 11.3 Å². The SMILES string of the molecule is CCc1nc2sccn2c(=O)c1C(=O)N1CCCC1. The fourth-order valence-electron chi connectivity index (χ4n) is 2.47. The third-order valence-corrected chi connectivity index (χ3v) is 4.24. The van der Waals surface area contributed by atoms with Crippen molar-refractivity contribution in [2.24, 2.45) is 0 Å². The molecule has 0 saturated carbocycles. The van der Waals surface area contributed by atoms with Gasteiger partial charge in [0.15, 0.2) is 4.96 Å². The van der Waals surface area contributed by atoms with Crippen molar-refractivity contribution in [2.75, 3.05) is 13.1 Å². The van der Waals surface area contributed by atoms with Gasteiger partial charge in [-0.1, -0.05) is 6.92 Å². The molecule has 1 aliphatic rings. The van der Waals surface area contributed by atoms with Gasteiger partial charge in [0.1, 0.15) is 5.56 Å². The molecule has 0 spiro atoms. The van der Waals surface area contributed by atoms with E-state index in [1.165, 1.54) is 15.7 Å². The topological polar surface area (TPSA) is 54.7 Å². The van der Waals surface area contributed by atoms with Crippen LogP contribution in [0.2, 0.25) is 0 Å². The van der Waals surface area contributed by atoms with Crippen LogP contribution in [0.1, 0.15) is 35.8 Å². The molecule has 1 amide bonds. The van der Waals surface area contributed by atoms with E-state index in [1.54, 1.807) is 11.1 Å². The molecule has 1 fully saturated rings. The molecule has 0 bridgehead atoms. The standard InChI is InChI=1S/C13H15N3O2S/c1-2-9-10(11(17)15-5-3-4-6-15)12(18)16-7-8-19-13(16)14-9/h7-8H,2-6H2,1H3. The van der Waals surface area contributed by atoms with Gasteiger partial charge >= 0.3 is 0 Å². The van der Waals surface area contributed by atoms with Crippen molar-refractivity contribution in [3.8, 4) is 0 Å². The molecule has 2 aromatic rings. The van der Waals surface area contributed by atoms with E-state index in [2.05, 4.69) is 4.98 Å². The molecule has 1 saturated heterocycles. The summed E-state index contributed by atoms with van der Waals surface area (Å²) >= 11 is 1.41. The van der Waals surface area contributed by atoms with Gasteiger partial charge in [-0.3, -0.25) is 14.0 Å². The lowest BCUT2D eigenvalue weighted by molar-refractivity contribution is 0.0789. The summed E-state index contributed by atoms with van der Waals surface area (Å²) in [5.74, 6) is -0.160. The summed E-state index contributed by atoms with van der Waals surface area (Å²) in [5.41, 5.74) is 0.629. The Morgan fingerprint density at radius 1 is 1.42 bits per heavy atom. The van der Waals surface area contributed by atoms with Gasteiger partial charge in [-0.2, -0.15) is 0 Å². The summed E-state index contributed by atoms with van der Waals surface area (Å²) in [6, 6.07) is 0. The van der Waals surface area contributed by atoms with E-state index in [0.717, 1.165) is 25.9 Å². The van der Waals surface area contributed by atoms with E-state index in [4.69, 9.17) is 0 Å². The van der Waals surface area contributed by atoms with Gasteiger partial charge in [0.25, 0.3) is 11.5 Å². The predicted octanol–water partition coefficient (Wildman–Crippen LogP) is 1.55. The normalized spacial score (nSPS) is 15.3. The van der Waals surface area contributed by atoms with Gasteiger partial charge in [-0.25, -0.2) is 4.98 Å². The van der Waals surface area contributed by atoms with Gasteiger partial charge in [-0.05, 0) is 19.3 Å². The van der Waals surface area contributed by atoms with E-state index in [0.29, 0.717) is 17.1 Å². The lowest BCUT2D eigenvalue weighted by Crippen LogP contribution is -2.35. The molecule has 5 nitrogen and oxygen atoms in total. The maximum atomic E-state index is 12.5. The minimum absolute atomic E-state index is 0.160. The van der Waals surface area contributed by atoms with Crippen LogP contribution in [0.15, 0.2) is 16.4 Å². The highest BCUT2D eigenvalue weighted by molar-refractivity contribution is 7.15. The Hall–Kier alpha value is -1.69. The lowest BCUT2D eigenvalue weighted by atomic mass is 10.1. The second-order valence-electron chi connectivity index (χ2n) is 4.65. The van der Waals surface area contributed by atoms with Crippen molar-refractivity contribution >= 4 is 22.2 Å². The quantitative estimate of drug-likeness (QED) is 0.837. The predicted molar refractivity (Wildman–Crippen MR) is 73.9 cm³/mol. The number of carbonyl (C=O) groups excluding carboxylic acids is 1. The number of hydrogen-bond acceptors (Lipinski definition) is 4. The number of rotatable bonds is 2. The van der Waals surface area contributed by atoms with Crippen LogP contribution in [0.25, 0.3) is 4.96 Å². The molecule has 100 valence electrons. The number of amides is 1. The van der Waals surface area contributed by atoms with E-state index < -0.39 is 0 Å². The summed E-state index contributed by atoms with van der Waals surface area (Å²) in [7, 11) is 0. The van der Waals surface area contributed by atoms with Crippen molar-refractivity contribution in [3.05, 3.63) is 33.2 Å². The Balaban J connectivity index is 2.17. The first-order valence-corrected chi connectivity index (χ1v) is 7.38. The molecule has 3 rings (SSSR count). The lowest BCUT2D eigenvalue weighted by Gasteiger charge is -2.16. The summed E-state index contributed by atoms with van der Waals surface area (Å²) in [4.78, 5) is 31.8. The summed E-state index contributed by atoms with van der Waals surface area (Å²) < 4.78 is 1.47. The first-order chi connectivity index (χ1) is 9.22. The fourth-order valence-corrected chi connectivity index (χ4v) is 3.20. The maximum Gasteiger partial charge on any atom is 0.271 e. The highest BCUT2D eigenvalue weighted by Crippen LogP contribution is 2.15. The molecule has 0 atom stereocenters. The second kappa shape index (κ2) is 4.77. The molecule has 0 aromatic carbocycles. The van der Waals surface area contributed by atoms with E-state index >= 15 is 0 Å². The third-order valence-electron chi connectivity index (χ3n) is 3.48. The van der Waals surface area contributed by atoms with Crippen LogP contribution in [0.5, 0.6) is 0 Å². The Bertz CT molecular complexity index is 683. The van der Waals surface area contributed by atoms with Gasteiger partial charge in [0, 0.05) is 24.7 Å². The number of carbonyl (C=O) groups is 1. The van der Waals surface area contributed by atoms with Crippen molar-refractivity contribution in [1.82, 2.24) is 14.3 Å². The fraction of sp³-hybridized carbons (Fsp3) is 0.462. The van der Waals surface area contributed by atoms with Crippen LogP contribution in [0.3, 0.4) is 0 Å². The number of likely N-dealkylation sites (tertiary alicyclic amines) is 1. The Labute approximate surface area is 114 Å². The van der Waals surface area contributed by atoms with Crippen LogP contribution in [0, 0.1) is 0 Å². The molecule has 2 aromatic heterocycles. The number of aryl methyl sites for hydroxylation is 1. The molecular weight excluding hydrogens is 262 g/mol. The van der Waals surface area contributed by atoms with Crippen molar-refractivity contribution in [1.29, 1.82) is 0 Å². The van der Waals surface area contributed by atoms with Crippen molar-refractivity contribution in [3.63, 3.8) is 0 Å². The molecule has 19 heavy (non-hydrogen) atoms. The van der Waals surface area contributed by atoms with Crippen LogP contribution < -0.4 is 5.56 Å². The third kappa shape index (κ3) is 1.96. The van der Waals surface area contributed by atoms with Crippen LogP contribution in [0.4, 0.5) is 0 Å². The average molecular weight is 277 g/mol. The molecular formula is C13H15N3O2S. The molecule has 1 aliphatic heterocycles. The summed E-state index contributed by atoms with van der Waals surface area (Å²) in [6.07, 6.45) is 4.30. The molecule has 0 aliphatic carbocycles. The highest BCUT2D eigenvalue weighted by atomic mass is 32.1. The smallest absolute Gasteiger partial charge is 0.271 e. The van der Waals surface area contributed by atoms with Crippen LogP contribution in [-0.2, 0) is 6.42 Å². The van der Waals surface area contributed by atoms with Gasteiger partial charge < -0.3 is 4.90 Å². The Morgan fingerprint density at radius 2 is 2.16 bits per heavy atom. The molecule has 0 radical (unpaired) electrons. The van der Waals surface area contributed by atoms with Gasteiger partial charge in [0.05, 0.1) is 5.69 Å². The Kier molecular flexibility index (Phi) is 3.10. The van der Waals surface area contributed by atoms with Gasteiger partial charge in [0.2, 0.25) is 0 Å². The van der Waals surface area contributed by atoms with Crippen molar-refractivity contribution < 1.29 is 4.79 Å². The van der Waals surface area contributed by atoms with Crippen molar-refractivity contribution in [2.45, 2.75) is 26.2 Å². The number of thiazole rings is 1. The average Bonchev–Trinajstić information content (AvgIpc) is 3.08. The largest absolute Gasteiger partial charge is 0.338 e. The zero-order valence-electron chi connectivity index (χ0n) is 10.8.